The number of hydrogen-bond donors (Lipinski definition) is 1. The van der Waals surface area contributed by atoms with E-state index in [2.05, 4.69) is 15.9 Å². The van der Waals surface area contributed by atoms with Gasteiger partial charge in [-0.15, -0.1) is 0 Å². The number of carbonyl (C=O) groups is 2. The van der Waals surface area contributed by atoms with Crippen LogP contribution in [0.3, 0.4) is 0 Å². The van der Waals surface area contributed by atoms with Gasteiger partial charge in [0.25, 0.3) is 0 Å². The van der Waals surface area contributed by atoms with Gasteiger partial charge in [-0.2, -0.15) is 0 Å². The molecule has 0 saturated heterocycles. The van der Waals surface area contributed by atoms with E-state index in [1.54, 1.807) is 19.2 Å². The Morgan fingerprint density at radius 2 is 2.00 bits per heavy atom. The average Bonchev–Trinajstić information content (AvgIpc) is 2.74. The summed E-state index contributed by atoms with van der Waals surface area (Å²) in [6.45, 7) is 1.90. The Morgan fingerprint density at radius 3 is 2.58 bits per heavy atom. The summed E-state index contributed by atoms with van der Waals surface area (Å²) in [6, 6.07) is 6.80. The molecular weight excluding hydrogens is 310 g/mol. The highest BCUT2D eigenvalue weighted by Crippen LogP contribution is 2.24. The van der Waals surface area contributed by atoms with Crippen LogP contribution in [0.1, 0.15) is 32.0 Å². The lowest BCUT2D eigenvalue weighted by atomic mass is 10.0. The van der Waals surface area contributed by atoms with Gasteiger partial charge in [0.15, 0.2) is 5.78 Å². The van der Waals surface area contributed by atoms with Crippen molar-refractivity contribution in [1.29, 1.82) is 0 Å². The maximum absolute atomic E-state index is 12.4. The van der Waals surface area contributed by atoms with Gasteiger partial charge >= 0.3 is 5.97 Å². The molecule has 0 unspecified atom stereocenters. The van der Waals surface area contributed by atoms with E-state index < -0.39 is 5.97 Å². The van der Waals surface area contributed by atoms with E-state index in [0.717, 1.165) is 10.0 Å². The van der Waals surface area contributed by atoms with Crippen molar-refractivity contribution in [2.24, 2.45) is 7.05 Å². The van der Waals surface area contributed by atoms with Crippen molar-refractivity contribution in [2.45, 2.75) is 6.92 Å². The first kappa shape index (κ1) is 13.5. The monoisotopic (exact) mass is 321 g/mol. The molecule has 5 heteroatoms. The van der Waals surface area contributed by atoms with Gasteiger partial charge in [0.2, 0.25) is 0 Å². The predicted molar refractivity (Wildman–Crippen MR) is 74.7 cm³/mol. The summed E-state index contributed by atoms with van der Waals surface area (Å²) in [7, 11) is 1.60. The van der Waals surface area contributed by atoms with E-state index in [-0.39, 0.29) is 11.5 Å². The molecular formula is C14H12BrNO3. The van der Waals surface area contributed by atoms with E-state index in [0.29, 0.717) is 11.1 Å². The van der Waals surface area contributed by atoms with E-state index in [4.69, 9.17) is 5.11 Å². The van der Waals surface area contributed by atoms with E-state index >= 15 is 0 Å². The Kier molecular flexibility index (Phi) is 3.57. The highest BCUT2D eigenvalue weighted by Gasteiger charge is 2.18. The summed E-state index contributed by atoms with van der Waals surface area (Å²) in [5.41, 5.74) is 1.95. The van der Waals surface area contributed by atoms with Crippen LogP contribution in [0, 0.1) is 6.92 Å². The number of nitrogens with zero attached hydrogens (tertiary/aromatic N) is 1. The van der Waals surface area contributed by atoms with Crippen LogP contribution < -0.4 is 0 Å². The van der Waals surface area contributed by atoms with Gasteiger partial charge in [-0.05, 0) is 40.5 Å². The Hall–Kier alpha value is -1.88. The summed E-state index contributed by atoms with van der Waals surface area (Å²) in [6.07, 6.45) is 1.53. The number of hydrogen-bond acceptors (Lipinski definition) is 2. The van der Waals surface area contributed by atoms with Crippen LogP contribution >= 0.6 is 15.9 Å². The molecule has 0 fully saturated rings. The second-order valence-electron chi connectivity index (χ2n) is 4.30. The molecule has 1 heterocycles. The number of aryl methyl sites for hydroxylation is 2. The maximum atomic E-state index is 12.4. The third kappa shape index (κ3) is 2.46. The smallest absolute Gasteiger partial charge is 0.352 e. The summed E-state index contributed by atoms with van der Waals surface area (Å²) in [5, 5.41) is 8.99. The van der Waals surface area contributed by atoms with Crippen LogP contribution in [-0.2, 0) is 7.05 Å². The Labute approximate surface area is 118 Å². The third-order valence-electron chi connectivity index (χ3n) is 2.92. The quantitative estimate of drug-likeness (QED) is 0.884. The second kappa shape index (κ2) is 5.01. The largest absolute Gasteiger partial charge is 0.477 e. The molecule has 1 aromatic carbocycles. The molecule has 98 valence electrons. The summed E-state index contributed by atoms with van der Waals surface area (Å²) in [4.78, 5) is 23.3. The van der Waals surface area contributed by atoms with Crippen LogP contribution in [0.25, 0.3) is 0 Å². The molecule has 1 N–H and O–H groups in total. The Balaban J connectivity index is 2.48. The zero-order valence-corrected chi connectivity index (χ0v) is 12.1. The average molecular weight is 322 g/mol. The fourth-order valence-electron chi connectivity index (χ4n) is 1.88. The lowest BCUT2D eigenvalue weighted by molar-refractivity contribution is 0.0686. The summed E-state index contributed by atoms with van der Waals surface area (Å²) in [5.74, 6) is -1.25. The topological polar surface area (TPSA) is 59.3 Å². The van der Waals surface area contributed by atoms with Crippen LogP contribution in [-0.4, -0.2) is 21.4 Å². The fraction of sp³-hybridized carbons (Fsp3) is 0.143. The maximum Gasteiger partial charge on any atom is 0.352 e. The molecule has 0 aliphatic heterocycles. The van der Waals surface area contributed by atoms with Crippen molar-refractivity contribution >= 4 is 27.7 Å². The van der Waals surface area contributed by atoms with Gasteiger partial charge in [0.1, 0.15) is 5.69 Å². The first-order chi connectivity index (χ1) is 8.91. The standard InChI is InChI=1S/C14H12BrNO3/c1-8-4-3-5-10(12(8)15)13(17)9-6-11(14(18)19)16(2)7-9/h3-7H,1-2H3,(H,18,19). The van der Waals surface area contributed by atoms with Crippen molar-refractivity contribution in [3.8, 4) is 0 Å². The highest BCUT2D eigenvalue weighted by atomic mass is 79.9. The third-order valence-corrected chi connectivity index (χ3v) is 3.98. The highest BCUT2D eigenvalue weighted by molar-refractivity contribution is 9.10. The molecule has 2 aromatic rings. The van der Waals surface area contributed by atoms with E-state index in [9.17, 15) is 9.59 Å². The number of carboxylic acid groups (broad SMARTS) is 1. The number of benzene rings is 1. The van der Waals surface area contributed by atoms with Crippen molar-refractivity contribution in [3.05, 3.63) is 57.3 Å². The molecule has 0 amide bonds. The Bertz CT molecular complexity index is 673. The van der Waals surface area contributed by atoms with Crippen molar-refractivity contribution in [1.82, 2.24) is 4.57 Å². The molecule has 19 heavy (non-hydrogen) atoms. The number of rotatable bonds is 3. The minimum atomic E-state index is -1.05. The van der Waals surface area contributed by atoms with Crippen LogP contribution in [0.2, 0.25) is 0 Å². The lowest BCUT2D eigenvalue weighted by Gasteiger charge is -2.04. The zero-order valence-electron chi connectivity index (χ0n) is 10.5. The minimum Gasteiger partial charge on any atom is -0.477 e. The Morgan fingerprint density at radius 1 is 1.32 bits per heavy atom. The van der Waals surface area contributed by atoms with Gasteiger partial charge in [0.05, 0.1) is 0 Å². The summed E-state index contributed by atoms with van der Waals surface area (Å²) >= 11 is 3.39. The zero-order chi connectivity index (χ0) is 14.2. The van der Waals surface area contributed by atoms with Gasteiger partial charge in [-0.1, -0.05) is 12.1 Å². The predicted octanol–water partition coefficient (Wildman–Crippen LogP) is 3.03. The molecule has 4 nitrogen and oxygen atoms in total. The molecule has 0 atom stereocenters. The lowest BCUT2D eigenvalue weighted by Crippen LogP contribution is -2.02. The van der Waals surface area contributed by atoms with Gasteiger partial charge in [0, 0.05) is 28.8 Å². The number of ketones is 1. The first-order valence-electron chi connectivity index (χ1n) is 5.61. The fourth-order valence-corrected chi connectivity index (χ4v) is 2.32. The van der Waals surface area contributed by atoms with Crippen LogP contribution in [0.15, 0.2) is 34.9 Å². The molecule has 0 bridgehead atoms. The van der Waals surface area contributed by atoms with E-state index in [1.165, 1.54) is 16.8 Å². The first-order valence-corrected chi connectivity index (χ1v) is 6.40. The van der Waals surface area contributed by atoms with Gasteiger partial charge in [-0.3, -0.25) is 4.79 Å². The number of aromatic nitrogens is 1. The van der Waals surface area contributed by atoms with E-state index in [1.807, 2.05) is 13.0 Å². The molecule has 0 aliphatic rings. The molecule has 0 saturated carbocycles. The molecule has 2 rings (SSSR count). The number of halogens is 1. The SMILES string of the molecule is Cc1cccc(C(=O)c2cc(C(=O)O)n(C)c2)c1Br. The minimum absolute atomic E-state index is 0.0899. The molecule has 0 spiro atoms. The van der Waals surface area contributed by atoms with Crippen molar-refractivity contribution < 1.29 is 14.7 Å². The van der Waals surface area contributed by atoms with Crippen molar-refractivity contribution in [2.75, 3.05) is 0 Å². The second-order valence-corrected chi connectivity index (χ2v) is 5.09. The number of carbonyl (C=O) groups excluding carboxylic acids is 1. The summed E-state index contributed by atoms with van der Waals surface area (Å²) < 4.78 is 2.17. The number of aromatic carboxylic acids is 1. The molecule has 0 radical (unpaired) electrons. The van der Waals surface area contributed by atoms with Crippen molar-refractivity contribution in [3.63, 3.8) is 0 Å². The normalized spacial score (nSPS) is 10.5. The molecule has 0 aliphatic carbocycles. The molecule has 1 aromatic heterocycles. The van der Waals surface area contributed by atoms with Gasteiger partial charge < -0.3 is 9.67 Å². The number of carboxylic acids is 1. The van der Waals surface area contributed by atoms with Gasteiger partial charge in [-0.25, -0.2) is 4.79 Å². The van der Waals surface area contributed by atoms with Crippen LogP contribution in [0.5, 0.6) is 0 Å². The van der Waals surface area contributed by atoms with Crippen LogP contribution in [0.4, 0.5) is 0 Å².